The van der Waals surface area contributed by atoms with E-state index in [0.29, 0.717) is 103 Å². The topological polar surface area (TPSA) is 244 Å². The summed E-state index contributed by atoms with van der Waals surface area (Å²) >= 11 is 0. The number of piperidine rings is 1. The van der Waals surface area contributed by atoms with Gasteiger partial charge in [-0.25, -0.2) is 13.2 Å². The molecular weight excluding hydrogens is 1210 g/mol. The van der Waals surface area contributed by atoms with E-state index in [9.17, 15) is 56.3 Å². The van der Waals surface area contributed by atoms with Crippen molar-refractivity contribution in [3.05, 3.63) is 156 Å². The van der Waals surface area contributed by atoms with Crippen molar-refractivity contribution in [2.75, 3.05) is 35.6 Å². The molecule has 2 saturated carbocycles. The number of rotatable bonds is 17. The van der Waals surface area contributed by atoms with Gasteiger partial charge in [0.2, 0.25) is 0 Å². The van der Waals surface area contributed by atoms with Crippen molar-refractivity contribution in [2.45, 2.75) is 165 Å². The van der Waals surface area contributed by atoms with Crippen molar-refractivity contribution in [3.63, 3.8) is 0 Å². The minimum atomic E-state index is -0.677. The van der Waals surface area contributed by atoms with Gasteiger partial charge in [0.05, 0.1) is 33.8 Å². The number of ketones is 3. The molecule has 3 aliphatic rings. The van der Waals surface area contributed by atoms with Crippen LogP contribution in [0.1, 0.15) is 198 Å². The Morgan fingerprint density at radius 2 is 0.883 bits per heavy atom. The molecule has 3 fully saturated rings. The Morgan fingerprint density at radius 1 is 0.511 bits per heavy atom. The fraction of sp³-hybridized carbons (Fsp3) is 0.458. The summed E-state index contributed by atoms with van der Waals surface area (Å²) in [7, 11) is 5.00. The van der Waals surface area contributed by atoms with E-state index in [-0.39, 0.29) is 52.2 Å². The first kappa shape index (κ1) is 72.5. The van der Waals surface area contributed by atoms with Gasteiger partial charge in [0, 0.05) is 79.5 Å². The van der Waals surface area contributed by atoms with E-state index < -0.39 is 52.8 Å². The van der Waals surface area contributed by atoms with Crippen LogP contribution in [0.15, 0.2) is 54.6 Å². The maximum absolute atomic E-state index is 13.5. The molecule has 6 amide bonds. The Labute approximate surface area is 548 Å². The largest absolute Gasteiger partial charge is 0.346 e. The summed E-state index contributed by atoms with van der Waals surface area (Å²) in [5.41, 5.74) is 6.93. The lowest BCUT2D eigenvalue weighted by Crippen LogP contribution is -2.56. The van der Waals surface area contributed by atoms with E-state index in [1.54, 1.807) is 115 Å². The fourth-order valence-corrected chi connectivity index (χ4v) is 13.6. The highest BCUT2D eigenvalue weighted by molar-refractivity contribution is 6.44. The number of aryl methyl sites for hydroxylation is 3. The average molecular weight is 1300 g/mol. The highest BCUT2D eigenvalue weighted by atomic mass is 19.1. The monoisotopic (exact) mass is 1300 g/mol. The Morgan fingerprint density at radius 3 is 1.24 bits per heavy atom. The lowest BCUT2D eigenvalue weighted by atomic mass is 9.70. The summed E-state index contributed by atoms with van der Waals surface area (Å²) in [4.78, 5) is 118. The molecule has 0 bridgehead atoms. The van der Waals surface area contributed by atoms with Crippen LogP contribution < -0.4 is 31.9 Å². The number of aromatic nitrogens is 3. The number of carbonyl (C=O) groups is 9. The summed E-state index contributed by atoms with van der Waals surface area (Å²) in [6.45, 7) is 25.8. The van der Waals surface area contributed by atoms with Crippen LogP contribution in [0.4, 0.5) is 30.2 Å². The summed E-state index contributed by atoms with van der Waals surface area (Å²) in [5.74, 6) is -5.17. The number of Topliss-reactive ketones (excluding diaryl/α,β-unsaturated/α-hetero) is 3. The first-order valence-electron chi connectivity index (χ1n) is 32.1. The molecule has 504 valence electrons. The third-order valence-electron chi connectivity index (χ3n) is 18.6. The molecular formula is C72H91F3N10O9. The van der Waals surface area contributed by atoms with Gasteiger partial charge in [-0.15, -0.1) is 0 Å². The second kappa shape index (κ2) is 30.4. The SMILES string of the molecule is Cc1cc(NC(=O)c2c(C)c(C(=O)C(=O)NC(C)CN3CCCCC3)n(C)c2C)ccc1F.Cc1cc(NC(=O)c2c(C)c(C(=O)C(=O)NC3(C)CC(C)C3)n(C)c2C)ccc1F.Cc1cc(NC(=O)c2c(C)c(C(=O)C(=O)N[C@@H]3CCC[C@@H](C)C3)n(C)c2C)ccc1F. The molecule has 3 aromatic carbocycles. The summed E-state index contributed by atoms with van der Waals surface area (Å²) < 4.78 is 45.3. The van der Waals surface area contributed by atoms with Crippen LogP contribution in [0, 0.1) is 91.6 Å². The molecule has 3 atom stereocenters. The molecule has 0 spiro atoms. The normalized spacial score (nSPS) is 18.0. The fourth-order valence-electron chi connectivity index (χ4n) is 13.6. The Hall–Kier alpha value is -8.92. The number of amides is 6. The summed E-state index contributed by atoms with van der Waals surface area (Å²) in [6.07, 6.45) is 9.14. The van der Waals surface area contributed by atoms with E-state index in [2.05, 4.69) is 50.6 Å². The number of benzene rings is 3. The molecule has 3 aromatic heterocycles. The van der Waals surface area contributed by atoms with Gasteiger partial charge in [-0.05, 0) is 228 Å². The third kappa shape index (κ3) is 16.7. The molecule has 6 N–H and O–H groups in total. The van der Waals surface area contributed by atoms with Gasteiger partial charge in [-0.1, -0.05) is 33.1 Å². The second-order valence-corrected chi connectivity index (χ2v) is 26.4. The first-order valence-corrected chi connectivity index (χ1v) is 32.1. The lowest BCUT2D eigenvalue weighted by molar-refractivity contribution is -0.120. The van der Waals surface area contributed by atoms with Crippen LogP contribution in [0.5, 0.6) is 0 Å². The van der Waals surface area contributed by atoms with Gasteiger partial charge < -0.3 is 50.5 Å². The van der Waals surface area contributed by atoms with E-state index in [4.69, 9.17) is 0 Å². The molecule has 94 heavy (non-hydrogen) atoms. The Kier molecular flexibility index (Phi) is 23.5. The predicted molar refractivity (Wildman–Crippen MR) is 357 cm³/mol. The van der Waals surface area contributed by atoms with Crippen molar-refractivity contribution >= 4 is 69.9 Å². The quantitative estimate of drug-likeness (QED) is 0.0373. The maximum Gasteiger partial charge on any atom is 0.294 e. The molecule has 1 aliphatic heterocycles. The number of nitrogens with zero attached hydrogens (tertiary/aromatic N) is 4. The van der Waals surface area contributed by atoms with Crippen LogP contribution in [0.3, 0.4) is 0 Å². The molecule has 4 heterocycles. The zero-order chi connectivity index (χ0) is 69.5. The lowest BCUT2D eigenvalue weighted by Gasteiger charge is -2.44. The van der Waals surface area contributed by atoms with Crippen LogP contribution in [0.25, 0.3) is 0 Å². The van der Waals surface area contributed by atoms with Crippen molar-refractivity contribution in [3.8, 4) is 0 Å². The van der Waals surface area contributed by atoms with E-state index >= 15 is 0 Å². The van der Waals surface area contributed by atoms with Gasteiger partial charge in [0.25, 0.3) is 52.8 Å². The van der Waals surface area contributed by atoms with Crippen LogP contribution in [0.2, 0.25) is 0 Å². The molecule has 2 aliphatic carbocycles. The zero-order valence-corrected chi connectivity index (χ0v) is 57.1. The second-order valence-electron chi connectivity index (χ2n) is 26.4. The molecule has 22 heteroatoms. The van der Waals surface area contributed by atoms with E-state index in [0.717, 1.165) is 64.5 Å². The molecule has 6 aromatic rings. The van der Waals surface area contributed by atoms with Crippen molar-refractivity contribution in [2.24, 2.45) is 33.0 Å². The number of carbonyl (C=O) groups excluding carboxylic acids is 9. The highest BCUT2D eigenvalue weighted by Gasteiger charge is 2.41. The zero-order valence-electron chi connectivity index (χ0n) is 57.1. The molecule has 0 radical (unpaired) electrons. The smallest absolute Gasteiger partial charge is 0.294 e. The summed E-state index contributed by atoms with van der Waals surface area (Å²) in [5, 5.41) is 16.8. The summed E-state index contributed by atoms with van der Waals surface area (Å²) in [6, 6.07) is 12.8. The maximum atomic E-state index is 13.5. The predicted octanol–water partition coefficient (Wildman–Crippen LogP) is 11.6. The minimum absolute atomic E-state index is 0.00589. The highest BCUT2D eigenvalue weighted by Crippen LogP contribution is 2.37. The molecule has 1 unspecified atom stereocenters. The van der Waals surface area contributed by atoms with Gasteiger partial charge >= 0.3 is 0 Å². The van der Waals surface area contributed by atoms with Gasteiger partial charge in [0.15, 0.2) is 0 Å². The van der Waals surface area contributed by atoms with Crippen molar-refractivity contribution in [1.82, 2.24) is 34.6 Å². The number of nitrogens with one attached hydrogen (secondary N) is 6. The molecule has 19 nitrogen and oxygen atoms in total. The minimum Gasteiger partial charge on any atom is -0.346 e. The van der Waals surface area contributed by atoms with Gasteiger partial charge in [0.1, 0.15) is 17.5 Å². The van der Waals surface area contributed by atoms with Crippen molar-refractivity contribution < 1.29 is 56.3 Å². The first-order chi connectivity index (χ1) is 44.1. The Bertz CT molecular complexity index is 3960. The van der Waals surface area contributed by atoms with Crippen LogP contribution >= 0.6 is 0 Å². The number of halogens is 3. The number of hydrogen-bond donors (Lipinski definition) is 6. The standard InChI is InChI=1S/C25H33FN4O3.C24H30FN3O3.C23H28FN3O3/c1-15-13-19(9-10-20(15)26)28-24(32)21-17(3)22(29(5)18(21)4)23(31)25(33)27-16(2)14-30-11-7-6-8-12-30;1-13-7-6-8-17(11-13)27-24(31)22(29)21-15(3)20(16(4)28(21)5)23(30)26-18-9-10-19(25)14(2)12-18;1-12-10-23(5,11-12)26-22(30)20(28)19-14(3)18(15(4)27(19)6)21(29)25-16-7-8-17(24)13(2)9-16/h9-10,13,16H,6-8,11-12,14H2,1-5H3,(H,27,33)(H,28,32);9-10,12-13,17H,6-8,11H2,1-5H3,(H,26,30)(H,27,31);7-9,12H,10-11H2,1-6H3,(H,25,29)(H,26,30)/t;13-,17-;/m.1./s1. The van der Waals surface area contributed by atoms with E-state index in [1.165, 1.54) is 42.8 Å². The average Bonchev–Trinajstić information content (AvgIpc) is 1.57. The number of likely N-dealkylation sites (tertiary alicyclic amines) is 1. The third-order valence-corrected chi connectivity index (χ3v) is 18.6. The van der Waals surface area contributed by atoms with Crippen molar-refractivity contribution in [1.29, 1.82) is 0 Å². The number of hydrogen-bond acceptors (Lipinski definition) is 10. The van der Waals surface area contributed by atoms with Gasteiger partial charge in [-0.2, -0.15) is 0 Å². The van der Waals surface area contributed by atoms with E-state index in [1.807, 2.05) is 13.8 Å². The van der Waals surface area contributed by atoms with Gasteiger partial charge in [-0.3, -0.25) is 43.2 Å². The van der Waals surface area contributed by atoms with Crippen LogP contribution in [-0.2, 0) is 35.5 Å². The van der Waals surface area contributed by atoms with Crippen LogP contribution in [-0.4, -0.2) is 109 Å². The Balaban J connectivity index is 0.000000200. The molecule has 9 rings (SSSR count). The number of anilines is 3. The molecule has 1 saturated heterocycles.